The quantitative estimate of drug-likeness (QED) is 0.685. The van der Waals surface area contributed by atoms with Crippen LogP contribution < -0.4 is 5.32 Å². The van der Waals surface area contributed by atoms with Gasteiger partial charge >= 0.3 is 0 Å². The molecular formula is C8H16N2O3S. The second-order valence-electron chi connectivity index (χ2n) is 3.50. The number of carbonyl (C=O) groups is 1. The monoisotopic (exact) mass is 220 g/mol. The second-order valence-corrected chi connectivity index (χ2v) is 5.43. The predicted molar refractivity (Wildman–Crippen MR) is 53.3 cm³/mol. The van der Waals surface area contributed by atoms with Gasteiger partial charge in [-0.2, -0.15) is 4.31 Å². The molecule has 82 valence electrons. The molecule has 0 bridgehead atoms. The lowest BCUT2D eigenvalue weighted by Crippen LogP contribution is -2.50. The molecule has 1 unspecified atom stereocenters. The third kappa shape index (κ3) is 2.45. The second kappa shape index (κ2) is 4.27. The highest BCUT2D eigenvalue weighted by Gasteiger charge is 2.33. The van der Waals surface area contributed by atoms with Gasteiger partial charge in [0.05, 0.1) is 6.26 Å². The molecule has 6 heteroatoms. The van der Waals surface area contributed by atoms with Gasteiger partial charge in [0, 0.05) is 13.6 Å². The van der Waals surface area contributed by atoms with E-state index in [1.807, 2.05) is 0 Å². The molecule has 1 rings (SSSR count). The number of hydrogen-bond donors (Lipinski definition) is 1. The Morgan fingerprint density at radius 2 is 2.07 bits per heavy atom. The van der Waals surface area contributed by atoms with E-state index in [4.69, 9.17) is 0 Å². The van der Waals surface area contributed by atoms with Crippen molar-refractivity contribution in [1.29, 1.82) is 0 Å². The van der Waals surface area contributed by atoms with Crippen LogP contribution in [0.4, 0.5) is 0 Å². The van der Waals surface area contributed by atoms with E-state index >= 15 is 0 Å². The molecule has 14 heavy (non-hydrogen) atoms. The average Bonchev–Trinajstić information content (AvgIpc) is 2.15. The Morgan fingerprint density at radius 3 is 2.57 bits per heavy atom. The van der Waals surface area contributed by atoms with E-state index in [1.165, 1.54) is 11.4 Å². The van der Waals surface area contributed by atoms with Gasteiger partial charge in [0.2, 0.25) is 15.9 Å². The van der Waals surface area contributed by atoms with Crippen molar-refractivity contribution in [3.63, 3.8) is 0 Å². The standard InChI is InChI=1S/C8H16N2O3S/c1-9-8(11)7-5-3-4-6-10(7)14(2,12)13/h7H,3-6H2,1-2H3,(H,9,11). The smallest absolute Gasteiger partial charge is 0.238 e. The molecular weight excluding hydrogens is 204 g/mol. The van der Waals surface area contributed by atoms with Crippen LogP contribution in [0, 0.1) is 0 Å². The van der Waals surface area contributed by atoms with Crippen LogP contribution in [0.1, 0.15) is 19.3 Å². The largest absolute Gasteiger partial charge is 0.358 e. The van der Waals surface area contributed by atoms with Crippen molar-refractivity contribution in [2.75, 3.05) is 19.8 Å². The van der Waals surface area contributed by atoms with Gasteiger partial charge in [-0.05, 0) is 12.8 Å². The molecule has 1 heterocycles. The number of nitrogens with zero attached hydrogens (tertiary/aromatic N) is 1. The molecule has 1 N–H and O–H groups in total. The fourth-order valence-electron chi connectivity index (χ4n) is 1.73. The highest BCUT2D eigenvalue weighted by molar-refractivity contribution is 7.88. The van der Waals surface area contributed by atoms with Gasteiger partial charge in [0.1, 0.15) is 6.04 Å². The number of nitrogens with one attached hydrogen (secondary N) is 1. The van der Waals surface area contributed by atoms with Crippen LogP contribution >= 0.6 is 0 Å². The SMILES string of the molecule is CNC(=O)C1CCCCN1S(C)(=O)=O. The Morgan fingerprint density at radius 1 is 1.43 bits per heavy atom. The van der Waals surface area contributed by atoms with Crippen molar-refractivity contribution in [3.05, 3.63) is 0 Å². The molecule has 0 aromatic rings. The molecule has 0 saturated carbocycles. The third-order valence-electron chi connectivity index (χ3n) is 2.43. The summed E-state index contributed by atoms with van der Waals surface area (Å²) in [5.41, 5.74) is 0. The third-order valence-corrected chi connectivity index (χ3v) is 3.72. The molecule has 1 aliphatic rings. The number of carbonyl (C=O) groups excluding carboxylic acids is 1. The van der Waals surface area contributed by atoms with Crippen molar-refractivity contribution in [2.45, 2.75) is 25.3 Å². The topological polar surface area (TPSA) is 66.5 Å². The lowest BCUT2D eigenvalue weighted by Gasteiger charge is -2.32. The number of likely N-dealkylation sites (N-methyl/N-ethyl adjacent to an activating group) is 1. The molecule has 1 atom stereocenters. The minimum absolute atomic E-state index is 0.213. The number of rotatable bonds is 2. The van der Waals surface area contributed by atoms with E-state index < -0.39 is 16.1 Å². The first kappa shape index (κ1) is 11.5. The van der Waals surface area contributed by atoms with Gasteiger partial charge in [-0.15, -0.1) is 0 Å². The Balaban J connectivity index is 2.85. The highest BCUT2D eigenvalue weighted by atomic mass is 32.2. The van der Waals surface area contributed by atoms with Gasteiger partial charge in [-0.3, -0.25) is 4.79 Å². The molecule has 5 nitrogen and oxygen atoms in total. The van der Waals surface area contributed by atoms with E-state index in [9.17, 15) is 13.2 Å². The van der Waals surface area contributed by atoms with E-state index in [-0.39, 0.29) is 5.91 Å². The van der Waals surface area contributed by atoms with Crippen LogP contribution in [0.3, 0.4) is 0 Å². The summed E-state index contributed by atoms with van der Waals surface area (Å²) in [6, 6.07) is -0.510. The maximum absolute atomic E-state index is 11.4. The zero-order valence-electron chi connectivity index (χ0n) is 8.49. The summed E-state index contributed by atoms with van der Waals surface area (Å²) in [4.78, 5) is 11.4. The van der Waals surface area contributed by atoms with Gasteiger partial charge in [0.15, 0.2) is 0 Å². The van der Waals surface area contributed by atoms with Crippen molar-refractivity contribution >= 4 is 15.9 Å². The first-order chi connectivity index (χ1) is 6.46. The number of amides is 1. The van der Waals surface area contributed by atoms with E-state index in [1.54, 1.807) is 0 Å². The Hall–Kier alpha value is -0.620. The van der Waals surface area contributed by atoms with Crippen molar-refractivity contribution in [1.82, 2.24) is 9.62 Å². The lowest BCUT2D eigenvalue weighted by atomic mass is 10.0. The Labute approximate surface area is 84.5 Å². The van der Waals surface area contributed by atoms with E-state index in [0.717, 1.165) is 19.1 Å². The molecule has 0 spiro atoms. The molecule has 0 aromatic carbocycles. The van der Waals surface area contributed by atoms with E-state index in [2.05, 4.69) is 5.32 Å². The van der Waals surface area contributed by atoms with Crippen LogP contribution in [0.15, 0.2) is 0 Å². The molecule has 1 aliphatic heterocycles. The number of piperidine rings is 1. The van der Waals surface area contributed by atoms with Crippen LogP contribution in [-0.2, 0) is 14.8 Å². The number of sulfonamides is 1. The van der Waals surface area contributed by atoms with Crippen LogP contribution in [0.2, 0.25) is 0 Å². The van der Waals surface area contributed by atoms with Gasteiger partial charge in [-0.25, -0.2) is 8.42 Å². The minimum atomic E-state index is -3.26. The van der Waals surface area contributed by atoms with Crippen LogP contribution in [0.25, 0.3) is 0 Å². The molecule has 1 fully saturated rings. The summed E-state index contributed by atoms with van der Waals surface area (Å²) in [6.07, 6.45) is 3.51. The fourth-order valence-corrected chi connectivity index (χ4v) is 2.85. The van der Waals surface area contributed by atoms with Crippen LogP contribution in [-0.4, -0.2) is 44.5 Å². The van der Waals surface area contributed by atoms with Crippen molar-refractivity contribution in [3.8, 4) is 0 Å². The number of hydrogen-bond acceptors (Lipinski definition) is 3. The summed E-state index contributed by atoms with van der Waals surface area (Å²) >= 11 is 0. The van der Waals surface area contributed by atoms with Crippen LogP contribution in [0.5, 0.6) is 0 Å². The Kier molecular flexibility index (Phi) is 3.49. The van der Waals surface area contributed by atoms with Crippen molar-refractivity contribution < 1.29 is 13.2 Å². The van der Waals surface area contributed by atoms with E-state index in [0.29, 0.717) is 13.0 Å². The highest BCUT2D eigenvalue weighted by Crippen LogP contribution is 2.19. The molecule has 0 aromatic heterocycles. The maximum atomic E-state index is 11.4. The molecule has 0 radical (unpaired) electrons. The maximum Gasteiger partial charge on any atom is 0.238 e. The predicted octanol–water partition coefficient (Wildman–Crippen LogP) is -0.454. The van der Waals surface area contributed by atoms with Gasteiger partial charge in [0.25, 0.3) is 0 Å². The lowest BCUT2D eigenvalue weighted by molar-refractivity contribution is -0.125. The first-order valence-corrected chi connectivity index (χ1v) is 6.50. The molecule has 1 saturated heterocycles. The summed E-state index contributed by atoms with van der Waals surface area (Å²) < 4.78 is 24.0. The normalized spacial score (nSPS) is 24.6. The molecule has 0 aliphatic carbocycles. The van der Waals surface area contributed by atoms with Crippen molar-refractivity contribution in [2.24, 2.45) is 0 Å². The average molecular weight is 220 g/mol. The summed E-state index contributed by atoms with van der Waals surface area (Å²) in [6.45, 7) is 0.455. The summed E-state index contributed by atoms with van der Waals surface area (Å²) in [7, 11) is -1.73. The van der Waals surface area contributed by atoms with Gasteiger partial charge in [-0.1, -0.05) is 6.42 Å². The molecule has 1 amide bonds. The fraction of sp³-hybridized carbons (Fsp3) is 0.875. The summed E-state index contributed by atoms with van der Waals surface area (Å²) in [5, 5.41) is 2.49. The zero-order chi connectivity index (χ0) is 10.8. The minimum Gasteiger partial charge on any atom is -0.358 e. The zero-order valence-corrected chi connectivity index (χ0v) is 9.30. The first-order valence-electron chi connectivity index (χ1n) is 4.65. The van der Waals surface area contributed by atoms with Gasteiger partial charge < -0.3 is 5.32 Å². The summed E-state index contributed by atoms with van der Waals surface area (Å²) in [5.74, 6) is -0.213. The Bertz CT molecular complexity index is 313.